The third-order valence-corrected chi connectivity index (χ3v) is 5.84. The Labute approximate surface area is 207 Å². The number of hydrogen-bond donors (Lipinski definition) is 4. The molecule has 0 saturated heterocycles. The number of carboxylic acid groups (broad SMARTS) is 1. The zero-order valence-electron chi connectivity index (χ0n) is 21.0. The van der Waals surface area contributed by atoms with Crippen molar-refractivity contribution in [3.8, 4) is 0 Å². The van der Waals surface area contributed by atoms with Crippen LogP contribution in [0.5, 0.6) is 0 Å². The van der Waals surface area contributed by atoms with Gasteiger partial charge in [-0.05, 0) is 58.4 Å². The van der Waals surface area contributed by atoms with Crippen molar-refractivity contribution in [3.63, 3.8) is 0 Å². The van der Waals surface area contributed by atoms with Crippen molar-refractivity contribution in [2.24, 2.45) is 5.92 Å². The van der Waals surface area contributed by atoms with Crippen LogP contribution in [-0.4, -0.2) is 53.2 Å². The van der Waals surface area contributed by atoms with Crippen molar-refractivity contribution in [2.45, 2.75) is 89.8 Å². The van der Waals surface area contributed by atoms with Crippen molar-refractivity contribution in [2.75, 3.05) is 6.54 Å². The zero-order valence-corrected chi connectivity index (χ0v) is 21.0. The molecule has 194 valence electrons. The van der Waals surface area contributed by atoms with Gasteiger partial charge in [-0.15, -0.1) is 0 Å². The lowest BCUT2D eigenvalue weighted by molar-refractivity contribution is -0.142. The highest BCUT2D eigenvalue weighted by Crippen LogP contribution is 2.25. The summed E-state index contributed by atoms with van der Waals surface area (Å²) in [5.41, 5.74) is 0.207. The molecule has 1 aromatic rings. The number of unbranched alkanes of at least 4 members (excludes halogenated alkanes) is 1. The molecule has 35 heavy (non-hydrogen) atoms. The van der Waals surface area contributed by atoms with Gasteiger partial charge >= 0.3 is 12.1 Å². The number of hydrogen-bond acceptors (Lipinski definition) is 5. The molecule has 0 unspecified atom stereocenters. The van der Waals surface area contributed by atoms with Crippen molar-refractivity contribution in [1.82, 2.24) is 16.0 Å². The number of carbonyl (C=O) groups excluding carboxylic acids is 3. The van der Waals surface area contributed by atoms with Crippen LogP contribution in [0.25, 0.3) is 0 Å². The first-order valence-electron chi connectivity index (χ1n) is 12.4. The van der Waals surface area contributed by atoms with Gasteiger partial charge in [0.2, 0.25) is 11.8 Å². The average Bonchev–Trinajstić information content (AvgIpc) is 3.32. The summed E-state index contributed by atoms with van der Waals surface area (Å²) in [6, 6.07) is 7.12. The smallest absolute Gasteiger partial charge is 0.407 e. The second-order valence-electron chi connectivity index (χ2n) is 10.1. The van der Waals surface area contributed by atoms with Crippen molar-refractivity contribution in [3.05, 3.63) is 35.9 Å². The van der Waals surface area contributed by atoms with Crippen LogP contribution in [0.15, 0.2) is 30.3 Å². The molecule has 1 aromatic carbocycles. The molecule has 0 spiro atoms. The topological polar surface area (TPSA) is 134 Å². The Morgan fingerprint density at radius 1 is 1.00 bits per heavy atom. The largest absolute Gasteiger partial charge is 0.480 e. The minimum atomic E-state index is -1.13. The number of nitrogens with one attached hydrogen (secondary N) is 3. The van der Waals surface area contributed by atoms with Gasteiger partial charge in [0.15, 0.2) is 0 Å². The van der Waals surface area contributed by atoms with Crippen LogP contribution in [0.4, 0.5) is 4.79 Å². The molecule has 0 radical (unpaired) electrons. The molecular weight excluding hydrogens is 450 g/mol. The monoisotopic (exact) mass is 489 g/mol. The lowest BCUT2D eigenvalue weighted by Crippen LogP contribution is -2.53. The first-order chi connectivity index (χ1) is 16.5. The van der Waals surface area contributed by atoms with Crippen LogP contribution < -0.4 is 16.0 Å². The van der Waals surface area contributed by atoms with Gasteiger partial charge in [0.1, 0.15) is 17.7 Å². The van der Waals surface area contributed by atoms with Crippen LogP contribution in [0, 0.1) is 5.92 Å². The summed E-state index contributed by atoms with van der Waals surface area (Å²) in [7, 11) is 0. The van der Waals surface area contributed by atoms with E-state index in [2.05, 4.69) is 16.0 Å². The van der Waals surface area contributed by atoms with Gasteiger partial charge in [-0.3, -0.25) is 9.59 Å². The standard InChI is InChI=1S/C26H39N3O6/c1-26(2,3)35-25(34)27-16-10-9-15-20(28-22(30)19-13-7-8-14-19)23(31)29-21(24(32)33)17-18-11-5-4-6-12-18/h4-6,11-12,19-21H,7-10,13-17H2,1-3H3,(H,27,34)(H,28,30)(H,29,31)(H,32,33)/t20-,21-/m0/s1. The molecule has 2 atom stereocenters. The molecule has 1 aliphatic rings. The molecule has 1 aliphatic carbocycles. The van der Waals surface area contributed by atoms with Gasteiger partial charge < -0.3 is 25.8 Å². The van der Waals surface area contributed by atoms with Crippen molar-refractivity contribution < 1.29 is 29.0 Å². The van der Waals surface area contributed by atoms with Gasteiger partial charge in [0.25, 0.3) is 0 Å². The summed E-state index contributed by atoms with van der Waals surface area (Å²) in [6.45, 7) is 5.71. The van der Waals surface area contributed by atoms with Crippen LogP contribution in [0.3, 0.4) is 0 Å². The Morgan fingerprint density at radius 2 is 1.66 bits per heavy atom. The van der Waals surface area contributed by atoms with Gasteiger partial charge in [0.05, 0.1) is 0 Å². The average molecular weight is 490 g/mol. The highest BCUT2D eigenvalue weighted by atomic mass is 16.6. The van der Waals surface area contributed by atoms with Crippen LogP contribution >= 0.6 is 0 Å². The maximum absolute atomic E-state index is 13.0. The fourth-order valence-electron chi connectivity index (χ4n) is 4.05. The van der Waals surface area contributed by atoms with E-state index < -0.39 is 35.7 Å². The van der Waals surface area contributed by atoms with E-state index in [-0.39, 0.29) is 18.2 Å². The Hall–Kier alpha value is -3.10. The lowest BCUT2D eigenvalue weighted by Gasteiger charge is -2.23. The minimum Gasteiger partial charge on any atom is -0.480 e. The van der Waals surface area contributed by atoms with Gasteiger partial charge in [-0.1, -0.05) is 43.2 Å². The highest BCUT2D eigenvalue weighted by Gasteiger charge is 2.30. The number of benzene rings is 1. The van der Waals surface area contributed by atoms with Gasteiger partial charge in [-0.25, -0.2) is 9.59 Å². The highest BCUT2D eigenvalue weighted by molar-refractivity contribution is 5.91. The SMILES string of the molecule is CC(C)(C)OC(=O)NCCCC[C@H](NC(=O)C1CCCC1)C(=O)N[C@@H](Cc1ccccc1)C(=O)O. The summed E-state index contributed by atoms with van der Waals surface area (Å²) >= 11 is 0. The van der Waals surface area contributed by atoms with Crippen molar-refractivity contribution in [1.29, 1.82) is 0 Å². The van der Waals surface area contributed by atoms with Gasteiger partial charge in [-0.2, -0.15) is 0 Å². The van der Waals surface area contributed by atoms with E-state index in [1.165, 1.54) is 0 Å². The van der Waals surface area contributed by atoms with Crippen LogP contribution in [0.1, 0.15) is 71.3 Å². The molecule has 9 heteroatoms. The van der Waals surface area contributed by atoms with E-state index in [1.54, 1.807) is 32.9 Å². The number of ether oxygens (including phenoxy) is 1. The Morgan fingerprint density at radius 3 is 2.26 bits per heavy atom. The fraction of sp³-hybridized carbons (Fsp3) is 0.615. The molecule has 0 heterocycles. The van der Waals surface area contributed by atoms with E-state index in [0.29, 0.717) is 25.8 Å². The molecule has 1 fully saturated rings. The predicted octanol–water partition coefficient (Wildman–Crippen LogP) is 3.17. The number of aliphatic carboxylic acids is 1. The molecular formula is C26H39N3O6. The summed E-state index contributed by atoms with van der Waals surface area (Å²) in [5.74, 6) is -1.92. The number of carboxylic acids is 1. The second kappa shape index (κ2) is 13.7. The second-order valence-corrected chi connectivity index (χ2v) is 10.1. The quantitative estimate of drug-likeness (QED) is 0.333. The molecule has 9 nitrogen and oxygen atoms in total. The number of rotatable bonds is 12. The summed E-state index contributed by atoms with van der Waals surface area (Å²) < 4.78 is 5.20. The molecule has 1 saturated carbocycles. The number of amides is 3. The molecule has 0 aromatic heterocycles. The van der Waals surface area contributed by atoms with Crippen molar-refractivity contribution >= 4 is 23.9 Å². The maximum Gasteiger partial charge on any atom is 0.407 e. The van der Waals surface area contributed by atoms with E-state index in [1.807, 2.05) is 18.2 Å². The van der Waals surface area contributed by atoms with Crippen LogP contribution in [-0.2, 0) is 25.5 Å². The fourth-order valence-corrected chi connectivity index (χ4v) is 4.05. The molecule has 4 N–H and O–H groups in total. The van der Waals surface area contributed by atoms with E-state index in [4.69, 9.17) is 4.74 Å². The summed E-state index contributed by atoms with van der Waals surface area (Å²) in [5, 5.41) is 17.8. The van der Waals surface area contributed by atoms with E-state index >= 15 is 0 Å². The Bertz CT molecular complexity index is 846. The lowest BCUT2D eigenvalue weighted by atomic mass is 10.0. The summed E-state index contributed by atoms with van der Waals surface area (Å²) in [6.07, 6.45) is 4.67. The number of alkyl carbamates (subject to hydrolysis) is 1. The van der Waals surface area contributed by atoms with E-state index in [0.717, 1.165) is 31.2 Å². The molecule has 3 amide bonds. The maximum atomic E-state index is 13.0. The Kier molecular flexibility index (Phi) is 11.0. The Balaban J connectivity index is 1.94. The predicted molar refractivity (Wildman–Crippen MR) is 132 cm³/mol. The number of carbonyl (C=O) groups is 4. The molecule has 2 rings (SSSR count). The first kappa shape index (κ1) is 28.1. The van der Waals surface area contributed by atoms with Gasteiger partial charge in [0, 0.05) is 18.9 Å². The molecule has 0 bridgehead atoms. The summed E-state index contributed by atoms with van der Waals surface area (Å²) in [4.78, 5) is 49.3. The molecule has 0 aliphatic heterocycles. The van der Waals surface area contributed by atoms with E-state index in [9.17, 15) is 24.3 Å². The normalized spacial score (nSPS) is 15.6. The zero-order chi connectivity index (χ0) is 25.8. The van der Waals surface area contributed by atoms with Crippen LogP contribution in [0.2, 0.25) is 0 Å². The first-order valence-corrected chi connectivity index (χ1v) is 12.4. The third kappa shape index (κ3) is 10.8. The minimum absolute atomic E-state index is 0.112. The third-order valence-electron chi connectivity index (χ3n) is 5.84.